The van der Waals surface area contributed by atoms with Gasteiger partial charge in [-0.2, -0.15) is 0 Å². The molecule has 0 fully saturated rings. The highest BCUT2D eigenvalue weighted by atomic mass is 79.9. The summed E-state index contributed by atoms with van der Waals surface area (Å²) in [5.74, 6) is -0.430. The van der Waals surface area contributed by atoms with E-state index in [0.29, 0.717) is 4.47 Å². The molecule has 6 heteroatoms. The van der Waals surface area contributed by atoms with E-state index >= 15 is 0 Å². The van der Waals surface area contributed by atoms with E-state index in [1.165, 1.54) is 12.1 Å². The predicted molar refractivity (Wildman–Crippen MR) is 81.0 cm³/mol. The van der Waals surface area contributed by atoms with Crippen LogP contribution in [0.25, 0.3) is 0 Å². The van der Waals surface area contributed by atoms with Gasteiger partial charge in [0.2, 0.25) is 0 Å². The first-order chi connectivity index (χ1) is 10.0. The summed E-state index contributed by atoms with van der Waals surface area (Å²) < 4.78 is 24.2. The molecule has 0 atom stereocenters. The van der Waals surface area contributed by atoms with E-state index in [1.54, 1.807) is 31.2 Å². The SMILES string of the molecule is CCOC(=O)c1cccc(Oc2ccc(Br)c(F)c2)c1N. The van der Waals surface area contributed by atoms with Crippen molar-refractivity contribution < 1.29 is 18.7 Å². The number of carbonyl (C=O) groups is 1. The molecule has 0 aliphatic carbocycles. The number of nitrogens with two attached hydrogens (primary N) is 1. The Balaban J connectivity index is 2.30. The van der Waals surface area contributed by atoms with Crippen LogP contribution in [0.2, 0.25) is 0 Å². The molecule has 0 saturated heterocycles. The summed E-state index contributed by atoms with van der Waals surface area (Å²) in [6.45, 7) is 1.96. The first-order valence-corrected chi connectivity index (χ1v) is 7.00. The summed E-state index contributed by atoms with van der Waals surface area (Å²) in [6.07, 6.45) is 0. The van der Waals surface area contributed by atoms with Gasteiger partial charge in [-0.05, 0) is 47.1 Å². The molecule has 0 aliphatic rings. The van der Waals surface area contributed by atoms with Gasteiger partial charge in [-0.15, -0.1) is 0 Å². The number of esters is 1. The average Bonchev–Trinajstić information content (AvgIpc) is 2.45. The number of hydrogen-bond acceptors (Lipinski definition) is 4. The molecule has 0 aliphatic heterocycles. The quantitative estimate of drug-likeness (QED) is 0.662. The van der Waals surface area contributed by atoms with Crippen molar-refractivity contribution in [3.63, 3.8) is 0 Å². The Morgan fingerprint density at radius 2 is 2.10 bits per heavy atom. The molecule has 0 spiro atoms. The maximum Gasteiger partial charge on any atom is 0.340 e. The largest absolute Gasteiger partial charge is 0.462 e. The highest BCUT2D eigenvalue weighted by Gasteiger charge is 2.15. The maximum atomic E-state index is 13.5. The van der Waals surface area contributed by atoms with Crippen molar-refractivity contribution in [2.24, 2.45) is 0 Å². The third kappa shape index (κ3) is 3.52. The fraction of sp³-hybridized carbons (Fsp3) is 0.133. The van der Waals surface area contributed by atoms with Crippen LogP contribution in [-0.4, -0.2) is 12.6 Å². The number of halogens is 2. The van der Waals surface area contributed by atoms with Gasteiger partial charge in [-0.25, -0.2) is 9.18 Å². The number of rotatable bonds is 4. The second-order valence-electron chi connectivity index (χ2n) is 4.12. The van der Waals surface area contributed by atoms with Gasteiger partial charge >= 0.3 is 5.97 Å². The second-order valence-corrected chi connectivity index (χ2v) is 4.97. The average molecular weight is 354 g/mol. The molecule has 21 heavy (non-hydrogen) atoms. The van der Waals surface area contributed by atoms with Crippen LogP contribution >= 0.6 is 15.9 Å². The van der Waals surface area contributed by atoms with Gasteiger partial charge < -0.3 is 15.2 Å². The van der Waals surface area contributed by atoms with Crippen molar-refractivity contribution in [3.05, 3.63) is 52.3 Å². The molecule has 0 unspecified atom stereocenters. The third-order valence-corrected chi connectivity index (χ3v) is 3.32. The topological polar surface area (TPSA) is 61.5 Å². The standard InChI is InChI=1S/C15H13BrFNO3/c1-2-20-15(19)10-4-3-5-13(14(10)18)21-9-6-7-11(16)12(17)8-9/h3-8H,2,18H2,1H3. The number of para-hydroxylation sites is 1. The Labute approximate surface area is 129 Å². The molecule has 4 nitrogen and oxygen atoms in total. The number of benzene rings is 2. The zero-order valence-electron chi connectivity index (χ0n) is 11.2. The number of hydrogen-bond donors (Lipinski definition) is 1. The lowest BCUT2D eigenvalue weighted by Gasteiger charge is -2.11. The molecular weight excluding hydrogens is 341 g/mol. The molecule has 110 valence electrons. The van der Waals surface area contributed by atoms with Gasteiger partial charge in [0.25, 0.3) is 0 Å². The fourth-order valence-electron chi connectivity index (χ4n) is 1.69. The van der Waals surface area contributed by atoms with Crippen molar-refractivity contribution in [1.29, 1.82) is 0 Å². The van der Waals surface area contributed by atoms with Crippen LogP contribution in [0, 0.1) is 5.82 Å². The Hall–Kier alpha value is -2.08. The lowest BCUT2D eigenvalue weighted by atomic mass is 10.1. The molecule has 0 aromatic heterocycles. The van der Waals surface area contributed by atoms with Gasteiger partial charge in [0, 0.05) is 6.07 Å². The van der Waals surface area contributed by atoms with Crippen molar-refractivity contribution in [2.75, 3.05) is 12.3 Å². The Kier molecular flexibility index (Phi) is 4.80. The zero-order chi connectivity index (χ0) is 15.4. The van der Waals surface area contributed by atoms with E-state index in [-0.39, 0.29) is 29.4 Å². The second kappa shape index (κ2) is 6.58. The van der Waals surface area contributed by atoms with Gasteiger partial charge in [-0.1, -0.05) is 6.07 Å². The summed E-state index contributed by atoms with van der Waals surface area (Å²) in [5.41, 5.74) is 6.27. The van der Waals surface area contributed by atoms with Gasteiger partial charge in [0.15, 0.2) is 5.75 Å². The smallest absolute Gasteiger partial charge is 0.340 e. The summed E-state index contributed by atoms with van der Waals surface area (Å²) in [4.78, 5) is 11.7. The normalized spacial score (nSPS) is 10.2. The Bertz CT molecular complexity index is 676. The number of nitrogen functional groups attached to an aromatic ring is 1. The molecule has 0 radical (unpaired) electrons. The molecule has 2 N–H and O–H groups in total. The highest BCUT2D eigenvalue weighted by Crippen LogP contribution is 2.31. The van der Waals surface area contributed by atoms with Crippen LogP contribution in [0.3, 0.4) is 0 Å². The molecule has 0 heterocycles. The summed E-state index contributed by atoms with van der Waals surface area (Å²) in [7, 11) is 0. The van der Waals surface area contributed by atoms with Crippen LogP contribution in [-0.2, 0) is 4.74 Å². The summed E-state index contributed by atoms with van der Waals surface area (Å²) in [5, 5.41) is 0. The van der Waals surface area contributed by atoms with Gasteiger partial charge in [-0.3, -0.25) is 0 Å². The number of carbonyl (C=O) groups excluding carboxylic acids is 1. The van der Waals surface area contributed by atoms with Crippen LogP contribution in [0.15, 0.2) is 40.9 Å². The first kappa shape index (κ1) is 15.3. The van der Waals surface area contributed by atoms with Crippen molar-refractivity contribution >= 4 is 27.6 Å². The lowest BCUT2D eigenvalue weighted by molar-refractivity contribution is 0.0527. The van der Waals surface area contributed by atoms with E-state index in [2.05, 4.69) is 15.9 Å². The van der Waals surface area contributed by atoms with Crippen LogP contribution in [0.5, 0.6) is 11.5 Å². The Morgan fingerprint density at radius 1 is 1.33 bits per heavy atom. The van der Waals surface area contributed by atoms with E-state index in [0.717, 1.165) is 0 Å². The number of anilines is 1. The molecule has 2 aromatic rings. The first-order valence-electron chi connectivity index (χ1n) is 6.21. The number of ether oxygens (including phenoxy) is 2. The molecule has 0 amide bonds. The van der Waals surface area contributed by atoms with Crippen LogP contribution in [0.4, 0.5) is 10.1 Å². The van der Waals surface area contributed by atoms with E-state index < -0.39 is 11.8 Å². The highest BCUT2D eigenvalue weighted by molar-refractivity contribution is 9.10. The van der Waals surface area contributed by atoms with Crippen molar-refractivity contribution in [2.45, 2.75) is 6.92 Å². The van der Waals surface area contributed by atoms with Crippen LogP contribution in [0.1, 0.15) is 17.3 Å². The van der Waals surface area contributed by atoms with E-state index in [9.17, 15) is 9.18 Å². The summed E-state index contributed by atoms with van der Waals surface area (Å²) >= 11 is 3.06. The lowest BCUT2D eigenvalue weighted by Crippen LogP contribution is -2.08. The minimum absolute atomic E-state index is 0.152. The molecule has 0 saturated carbocycles. The monoisotopic (exact) mass is 353 g/mol. The van der Waals surface area contributed by atoms with Crippen LogP contribution < -0.4 is 10.5 Å². The van der Waals surface area contributed by atoms with Gasteiger partial charge in [0.1, 0.15) is 11.6 Å². The Morgan fingerprint density at radius 3 is 2.76 bits per heavy atom. The zero-order valence-corrected chi connectivity index (χ0v) is 12.8. The minimum atomic E-state index is -0.526. The molecule has 2 aromatic carbocycles. The molecule has 2 rings (SSSR count). The fourth-order valence-corrected chi connectivity index (χ4v) is 1.93. The van der Waals surface area contributed by atoms with Crippen molar-refractivity contribution in [1.82, 2.24) is 0 Å². The third-order valence-electron chi connectivity index (χ3n) is 2.68. The predicted octanol–water partition coefficient (Wildman–Crippen LogP) is 4.14. The summed E-state index contributed by atoms with van der Waals surface area (Å²) in [6, 6.07) is 9.09. The molecular formula is C15H13BrFNO3. The maximum absolute atomic E-state index is 13.5. The van der Waals surface area contributed by atoms with Crippen molar-refractivity contribution in [3.8, 4) is 11.5 Å². The van der Waals surface area contributed by atoms with E-state index in [4.69, 9.17) is 15.2 Å². The minimum Gasteiger partial charge on any atom is -0.462 e. The van der Waals surface area contributed by atoms with Gasteiger partial charge in [0.05, 0.1) is 22.3 Å². The molecule has 0 bridgehead atoms. The van der Waals surface area contributed by atoms with E-state index in [1.807, 2.05) is 0 Å².